The summed E-state index contributed by atoms with van der Waals surface area (Å²) < 4.78 is 38.0. The Kier molecular flexibility index (Phi) is 6.96. The van der Waals surface area contributed by atoms with Crippen LogP contribution in [0.1, 0.15) is 29.7 Å². The van der Waals surface area contributed by atoms with Crippen LogP contribution in [0.3, 0.4) is 0 Å². The van der Waals surface area contributed by atoms with Crippen molar-refractivity contribution in [2.24, 2.45) is 0 Å². The monoisotopic (exact) mass is 443 g/mol. The molecule has 3 aromatic rings. The number of carbonyl (C=O) groups excluding carboxylic acids is 1. The molecule has 0 saturated heterocycles. The van der Waals surface area contributed by atoms with Gasteiger partial charge in [0, 0.05) is 17.7 Å². The molecule has 0 aliphatic heterocycles. The van der Waals surface area contributed by atoms with E-state index in [2.05, 4.69) is 15.2 Å². The van der Waals surface area contributed by atoms with Gasteiger partial charge in [0.15, 0.2) is 0 Å². The van der Waals surface area contributed by atoms with Gasteiger partial charge < -0.3 is 14.6 Å². The van der Waals surface area contributed by atoms with Crippen LogP contribution in [0.2, 0.25) is 0 Å². The summed E-state index contributed by atoms with van der Waals surface area (Å²) in [5, 5.41) is 6.48. The van der Waals surface area contributed by atoms with Gasteiger partial charge in [-0.3, -0.25) is 4.79 Å². The Morgan fingerprint density at radius 3 is 2.32 bits per heavy atom. The van der Waals surface area contributed by atoms with Crippen LogP contribution in [0, 0.1) is 20.8 Å². The van der Waals surface area contributed by atoms with Gasteiger partial charge >= 0.3 is 0 Å². The first-order chi connectivity index (χ1) is 14.7. The number of benzene rings is 2. The van der Waals surface area contributed by atoms with Crippen molar-refractivity contribution in [3.63, 3.8) is 0 Å². The van der Waals surface area contributed by atoms with Crippen LogP contribution >= 0.6 is 0 Å². The van der Waals surface area contributed by atoms with E-state index in [1.165, 1.54) is 24.3 Å². The van der Waals surface area contributed by atoms with E-state index in [4.69, 9.17) is 9.26 Å². The number of anilines is 2. The van der Waals surface area contributed by atoms with Crippen molar-refractivity contribution in [2.75, 3.05) is 16.6 Å². The molecule has 0 spiro atoms. The summed E-state index contributed by atoms with van der Waals surface area (Å²) in [7, 11) is -3.83. The first-order valence-corrected chi connectivity index (χ1v) is 11.3. The Hall–Kier alpha value is -3.33. The summed E-state index contributed by atoms with van der Waals surface area (Å²) in [5.74, 6) is 0.684. The number of sulfonamides is 1. The number of aromatic nitrogens is 1. The fourth-order valence-electron chi connectivity index (χ4n) is 2.69. The third-order valence-electron chi connectivity index (χ3n) is 4.67. The van der Waals surface area contributed by atoms with Gasteiger partial charge in [-0.1, -0.05) is 22.9 Å². The maximum absolute atomic E-state index is 12.5. The van der Waals surface area contributed by atoms with Crippen molar-refractivity contribution >= 4 is 27.5 Å². The number of nitrogens with zero attached hydrogens (tertiary/aromatic N) is 1. The number of amides is 1. The Morgan fingerprint density at radius 1 is 1.03 bits per heavy atom. The zero-order chi connectivity index (χ0) is 22.4. The molecule has 1 amide bonds. The highest BCUT2D eigenvalue weighted by atomic mass is 32.2. The molecule has 0 aliphatic carbocycles. The lowest BCUT2D eigenvalue weighted by molar-refractivity contribution is -0.116. The zero-order valence-electron chi connectivity index (χ0n) is 17.6. The largest absolute Gasteiger partial charge is 0.494 e. The minimum Gasteiger partial charge on any atom is -0.494 e. The number of rotatable bonds is 9. The van der Waals surface area contributed by atoms with Crippen molar-refractivity contribution in [3.8, 4) is 5.75 Å². The molecule has 1 aromatic heterocycles. The summed E-state index contributed by atoms with van der Waals surface area (Å²) in [6.07, 6.45) is 0.851. The molecule has 2 aromatic carbocycles. The normalized spacial score (nSPS) is 11.2. The minimum absolute atomic E-state index is 0.0467. The van der Waals surface area contributed by atoms with Crippen molar-refractivity contribution in [1.82, 2.24) is 5.16 Å². The van der Waals surface area contributed by atoms with Crippen LogP contribution in [0.25, 0.3) is 0 Å². The second kappa shape index (κ2) is 9.65. The Balaban J connectivity index is 1.48. The molecule has 0 aliphatic rings. The van der Waals surface area contributed by atoms with Crippen LogP contribution in [0.5, 0.6) is 5.75 Å². The van der Waals surface area contributed by atoms with Crippen molar-refractivity contribution in [1.29, 1.82) is 0 Å². The number of ether oxygens (including phenoxy) is 1. The Bertz CT molecular complexity index is 1140. The molecule has 0 atom stereocenters. The summed E-state index contributed by atoms with van der Waals surface area (Å²) in [5.41, 5.74) is 2.90. The predicted octanol–water partition coefficient (Wildman–Crippen LogP) is 4.20. The van der Waals surface area contributed by atoms with E-state index in [-0.39, 0.29) is 23.1 Å². The molecule has 3 rings (SSSR count). The molecule has 2 N–H and O–H groups in total. The van der Waals surface area contributed by atoms with Gasteiger partial charge in [0.2, 0.25) is 11.8 Å². The lowest BCUT2D eigenvalue weighted by Gasteiger charge is -2.09. The van der Waals surface area contributed by atoms with E-state index >= 15 is 0 Å². The maximum Gasteiger partial charge on any atom is 0.264 e. The molecule has 0 unspecified atom stereocenters. The molecule has 0 radical (unpaired) electrons. The fourth-order valence-corrected chi connectivity index (χ4v) is 3.74. The predicted molar refractivity (Wildman–Crippen MR) is 118 cm³/mol. The first-order valence-electron chi connectivity index (χ1n) is 9.80. The lowest BCUT2D eigenvalue weighted by atomic mass is 10.2. The second-order valence-corrected chi connectivity index (χ2v) is 8.85. The molecule has 31 heavy (non-hydrogen) atoms. The molecule has 0 fully saturated rings. The van der Waals surface area contributed by atoms with E-state index in [1.54, 1.807) is 13.8 Å². The molecular weight excluding hydrogens is 418 g/mol. The smallest absolute Gasteiger partial charge is 0.264 e. The van der Waals surface area contributed by atoms with E-state index < -0.39 is 10.0 Å². The van der Waals surface area contributed by atoms with Crippen LogP contribution in [-0.2, 0) is 14.8 Å². The van der Waals surface area contributed by atoms with E-state index in [0.717, 1.165) is 11.3 Å². The Labute approximate surface area is 181 Å². The van der Waals surface area contributed by atoms with Crippen LogP contribution in [0.4, 0.5) is 11.6 Å². The average molecular weight is 444 g/mol. The van der Waals surface area contributed by atoms with Gasteiger partial charge in [0.05, 0.1) is 17.2 Å². The first kappa shape index (κ1) is 22.4. The summed E-state index contributed by atoms with van der Waals surface area (Å²) >= 11 is 0. The van der Waals surface area contributed by atoms with Gasteiger partial charge in [-0.2, -0.15) is 0 Å². The minimum atomic E-state index is -3.83. The lowest BCUT2D eigenvalue weighted by Crippen LogP contribution is -2.14. The molecule has 1 heterocycles. The second-order valence-electron chi connectivity index (χ2n) is 7.17. The molecule has 9 heteroatoms. The third kappa shape index (κ3) is 6.08. The molecule has 0 bridgehead atoms. The van der Waals surface area contributed by atoms with Crippen molar-refractivity contribution in [3.05, 3.63) is 65.4 Å². The number of hydrogen-bond donors (Lipinski definition) is 2. The summed E-state index contributed by atoms with van der Waals surface area (Å²) in [6, 6.07) is 13.6. The van der Waals surface area contributed by atoms with Gasteiger partial charge in [0.25, 0.3) is 10.0 Å². The SMILES string of the molecule is Cc1ccc(OCCCC(=O)Nc2ccc(S(=O)(=O)Nc3onc(C)c3C)cc2)cc1. The molecule has 0 saturated carbocycles. The van der Waals surface area contributed by atoms with Crippen LogP contribution in [-0.4, -0.2) is 26.1 Å². The topological polar surface area (TPSA) is 111 Å². The van der Waals surface area contributed by atoms with E-state index in [0.29, 0.717) is 30.0 Å². The molecular formula is C22H25N3O5S. The third-order valence-corrected chi connectivity index (χ3v) is 6.02. The molecule has 8 nitrogen and oxygen atoms in total. The number of carbonyl (C=O) groups is 1. The van der Waals surface area contributed by atoms with Gasteiger partial charge in [-0.25, -0.2) is 13.1 Å². The van der Waals surface area contributed by atoms with Crippen molar-refractivity contribution in [2.45, 2.75) is 38.5 Å². The zero-order valence-corrected chi connectivity index (χ0v) is 18.5. The number of nitrogens with one attached hydrogen (secondary N) is 2. The highest BCUT2D eigenvalue weighted by molar-refractivity contribution is 7.92. The number of aryl methyl sites for hydroxylation is 2. The van der Waals surface area contributed by atoms with E-state index in [1.807, 2.05) is 31.2 Å². The van der Waals surface area contributed by atoms with Crippen molar-refractivity contribution < 1.29 is 22.5 Å². The van der Waals surface area contributed by atoms with Crippen LogP contribution in [0.15, 0.2) is 57.9 Å². The highest BCUT2D eigenvalue weighted by Crippen LogP contribution is 2.22. The van der Waals surface area contributed by atoms with Gasteiger partial charge in [0.1, 0.15) is 5.75 Å². The van der Waals surface area contributed by atoms with E-state index in [9.17, 15) is 13.2 Å². The van der Waals surface area contributed by atoms with Crippen LogP contribution < -0.4 is 14.8 Å². The Morgan fingerprint density at radius 2 is 1.71 bits per heavy atom. The quantitative estimate of drug-likeness (QED) is 0.480. The maximum atomic E-state index is 12.5. The molecule has 164 valence electrons. The standard InChI is InChI=1S/C22H25N3O5S/c1-15-6-10-19(11-7-15)29-14-4-5-21(26)23-18-8-12-20(13-9-18)31(27,28)25-22-16(2)17(3)24-30-22/h6-13,25H,4-5,14H2,1-3H3,(H,23,26). The average Bonchev–Trinajstić information content (AvgIpc) is 3.04. The van der Waals surface area contributed by atoms with Gasteiger partial charge in [-0.15, -0.1) is 0 Å². The summed E-state index contributed by atoms with van der Waals surface area (Å²) in [4.78, 5) is 12.2. The summed E-state index contributed by atoms with van der Waals surface area (Å²) in [6.45, 7) is 5.88. The van der Waals surface area contributed by atoms with Gasteiger partial charge in [-0.05, 0) is 63.6 Å². The fraction of sp³-hybridized carbons (Fsp3) is 0.273. The number of hydrogen-bond acceptors (Lipinski definition) is 6. The highest BCUT2D eigenvalue weighted by Gasteiger charge is 2.19.